The summed E-state index contributed by atoms with van der Waals surface area (Å²) in [6.45, 7) is 1.35. The standard InChI is InChI=1S/C20H21F2N5/c1-23-20(26-13-15-12-16(21)7-8-17(15)22)25-11-10-24-19-9-6-14-4-2-3-5-18(14)27-19/h2-9,12H,10-11,13H2,1H3,(H,24,27)(H2,23,25,26). The normalized spacial score (nSPS) is 11.4. The molecular formula is C20H21F2N5. The van der Waals surface area contributed by atoms with Crippen molar-refractivity contribution < 1.29 is 8.78 Å². The van der Waals surface area contributed by atoms with Crippen LogP contribution in [0.3, 0.4) is 0 Å². The van der Waals surface area contributed by atoms with Gasteiger partial charge in [0.05, 0.1) is 5.52 Å². The molecule has 2 aromatic carbocycles. The first kappa shape index (κ1) is 18.6. The first-order chi connectivity index (χ1) is 13.2. The lowest BCUT2D eigenvalue weighted by Crippen LogP contribution is -2.39. The smallest absolute Gasteiger partial charge is 0.191 e. The van der Waals surface area contributed by atoms with Gasteiger partial charge in [-0.05, 0) is 36.4 Å². The van der Waals surface area contributed by atoms with Crippen molar-refractivity contribution in [1.29, 1.82) is 0 Å². The summed E-state index contributed by atoms with van der Waals surface area (Å²) in [5.74, 6) is 0.374. The lowest BCUT2D eigenvalue weighted by Gasteiger charge is -2.13. The van der Waals surface area contributed by atoms with Crippen LogP contribution >= 0.6 is 0 Å². The second kappa shape index (κ2) is 8.93. The zero-order valence-electron chi connectivity index (χ0n) is 15.0. The molecule has 0 amide bonds. The van der Waals surface area contributed by atoms with Crippen molar-refractivity contribution in [3.8, 4) is 0 Å². The fourth-order valence-corrected chi connectivity index (χ4v) is 2.61. The van der Waals surface area contributed by atoms with Crippen LogP contribution in [0.25, 0.3) is 10.9 Å². The fourth-order valence-electron chi connectivity index (χ4n) is 2.61. The van der Waals surface area contributed by atoms with E-state index < -0.39 is 11.6 Å². The molecule has 3 N–H and O–H groups in total. The van der Waals surface area contributed by atoms with Gasteiger partial charge in [0.1, 0.15) is 17.5 Å². The number of para-hydroxylation sites is 1. The average molecular weight is 369 g/mol. The third-order valence-corrected chi connectivity index (χ3v) is 4.00. The van der Waals surface area contributed by atoms with Crippen molar-refractivity contribution in [2.45, 2.75) is 6.54 Å². The highest BCUT2D eigenvalue weighted by Gasteiger charge is 2.05. The first-order valence-electron chi connectivity index (χ1n) is 8.64. The molecule has 0 aliphatic heterocycles. The molecule has 0 fully saturated rings. The summed E-state index contributed by atoms with van der Waals surface area (Å²) >= 11 is 0. The van der Waals surface area contributed by atoms with Crippen LogP contribution in [0.1, 0.15) is 5.56 Å². The maximum absolute atomic E-state index is 13.6. The summed E-state index contributed by atoms with van der Waals surface area (Å²) in [5, 5.41) is 10.4. The minimum atomic E-state index is -0.469. The number of nitrogens with zero attached hydrogens (tertiary/aromatic N) is 2. The quantitative estimate of drug-likeness (QED) is 0.355. The second-order valence-corrected chi connectivity index (χ2v) is 5.90. The van der Waals surface area contributed by atoms with Gasteiger partial charge in [0.15, 0.2) is 5.96 Å². The van der Waals surface area contributed by atoms with E-state index in [-0.39, 0.29) is 12.1 Å². The number of aliphatic imine (C=N–C) groups is 1. The number of rotatable bonds is 6. The van der Waals surface area contributed by atoms with Gasteiger partial charge in [0.2, 0.25) is 0 Å². The number of guanidine groups is 1. The molecule has 0 saturated heterocycles. The van der Waals surface area contributed by atoms with Crippen LogP contribution in [0.4, 0.5) is 14.6 Å². The molecule has 140 valence electrons. The Balaban J connectivity index is 1.46. The van der Waals surface area contributed by atoms with Crippen molar-refractivity contribution in [3.63, 3.8) is 0 Å². The Kier molecular flexibility index (Phi) is 6.14. The molecule has 0 aliphatic carbocycles. The molecule has 0 aliphatic rings. The maximum atomic E-state index is 13.6. The van der Waals surface area contributed by atoms with E-state index in [1.54, 1.807) is 7.05 Å². The zero-order chi connectivity index (χ0) is 19.1. The average Bonchev–Trinajstić information content (AvgIpc) is 2.69. The summed E-state index contributed by atoms with van der Waals surface area (Å²) in [7, 11) is 1.62. The van der Waals surface area contributed by atoms with E-state index >= 15 is 0 Å². The summed E-state index contributed by atoms with van der Waals surface area (Å²) in [5.41, 5.74) is 1.18. The van der Waals surface area contributed by atoms with E-state index in [0.29, 0.717) is 19.0 Å². The van der Waals surface area contributed by atoms with Crippen LogP contribution < -0.4 is 16.0 Å². The number of hydrogen-bond donors (Lipinski definition) is 3. The van der Waals surface area contributed by atoms with Crippen LogP contribution in [0.5, 0.6) is 0 Å². The molecule has 27 heavy (non-hydrogen) atoms. The van der Waals surface area contributed by atoms with Crippen LogP contribution in [0, 0.1) is 11.6 Å². The lowest BCUT2D eigenvalue weighted by atomic mass is 10.2. The van der Waals surface area contributed by atoms with E-state index in [4.69, 9.17) is 0 Å². The summed E-state index contributed by atoms with van der Waals surface area (Å²) in [6.07, 6.45) is 0. The molecule has 1 aromatic heterocycles. The number of pyridine rings is 1. The van der Waals surface area contributed by atoms with Gasteiger partial charge in [-0.15, -0.1) is 0 Å². The Hall–Kier alpha value is -3.22. The number of aromatic nitrogens is 1. The molecule has 3 rings (SSSR count). The summed E-state index contributed by atoms with van der Waals surface area (Å²) in [6, 6.07) is 15.3. The molecule has 5 nitrogen and oxygen atoms in total. The van der Waals surface area contributed by atoms with Crippen molar-refractivity contribution in [2.24, 2.45) is 4.99 Å². The number of fused-ring (bicyclic) bond motifs is 1. The van der Waals surface area contributed by atoms with Crippen molar-refractivity contribution in [3.05, 3.63) is 71.8 Å². The van der Waals surface area contributed by atoms with Crippen LogP contribution in [-0.4, -0.2) is 31.1 Å². The van der Waals surface area contributed by atoms with E-state index in [1.807, 2.05) is 36.4 Å². The Morgan fingerprint density at radius 1 is 1.00 bits per heavy atom. The predicted octanol–water partition coefficient (Wildman–Crippen LogP) is 3.29. The Morgan fingerprint density at radius 2 is 1.85 bits per heavy atom. The predicted molar refractivity (Wildman–Crippen MR) is 105 cm³/mol. The van der Waals surface area contributed by atoms with Crippen molar-refractivity contribution in [2.75, 3.05) is 25.5 Å². The van der Waals surface area contributed by atoms with E-state index in [1.165, 1.54) is 6.07 Å². The van der Waals surface area contributed by atoms with Gasteiger partial charge in [-0.1, -0.05) is 18.2 Å². The van der Waals surface area contributed by atoms with Gasteiger partial charge in [-0.3, -0.25) is 4.99 Å². The second-order valence-electron chi connectivity index (χ2n) is 5.90. The monoisotopic (exact) mass is 369 g/mol. The minimum absolute atomic E-state index is 0.142. The third-order valence-electron chi connectivity index (χ3n) is 4.00. The Morgan fingerprint density at radius 3 is 2.70 bits per heavy atom. The molecule has 0 atom stereocenters. The zero-order valence-corrected chi connectivity index (χ0v) is 15.0. The lowest BCUT2D eigenvalue weighted by molar-refractivity contribution is 0.581. The van der Waals surface area contributed by atoms with Gasteiger partial charge < -0.3 is 16.0 Å². The number of hydrogen-bond acceptors (Lipinski definition) is 3. The van der Waals surface area contributed by atoms with Crippen LogP contribution in [0.15, 0.2) is 59.6 Å². The van der Waals surface area contributed by atoms with E-state index in [0.717, 1.165) is 28.9 Å². The fraction of sp³-hybridized carbons (Fsp3) is 0.200. The molecular weight excluding hydrogens is 348 g/mol. The molecule has 0 radical (unpaired) electrons. The number of anilines is 1. The van der Waals surface area contributed by atoms with E-state index in [2.05, 4.69) is 25.9 Å². The number of benzene rings is 2. The van der Waals surface area contributed by atoms with Gasteiger partial charge in [0, 0.05) is 37.6 Å². The molecule has 0 unspecified atom stereocenters. The van der Waals surface area contributed by atoms with Crippen molar-refractivity contribution >= 4 is 22.7 Å². The molecule has 0 bridgehead atoms. The third kappa shape index (κ3) is 5.13. The summed E-state index contributed by atoms with van der Waals surface area (Å²) < 4.78 is 26.9. The van der Waals surface area contributed by atoms with Crippen LogP contribution in [0.2, 0.25) is 0 Å². The summed E-state index contributed by atoms with van der Waals surface area (Å²) in [4.78, 5) is 8.62. The largest absolute Gasteiger partial charge is 0.368 e. The highest BCUT2D eigenvalue weighted by atomic mass is 19.1. The van der Waals surface area contributed by atoms with Gasteiger partial charge in [-0.2, -0.15) is 0 Å². The topological polar surface area (TPSA) is 61.3 Å². The van der Waals surface area contributed by atoms with Crippen molar-refractivity contribution in [1.82, 2.24) is 15.6 Å². The molecule has 1 heterocycles. The molecule has 0 saturated carbocycles. The number of halogens is 2. The maximum Gasteiger partial charge on any atom is 0.191 e. The number of nitrogens with one attached hydrogen (secondary N) is 3. The van der Waals surface area contributed by atoms with Gasteiger partial charge in [-0.25, -0.2) is 13.8 Å². The molecule has 3 aromatic rings. The Labute approximate surface area is 156 Å². The Bertz CT molecular complexity index is 943. The van der Waals surface area contributed by atoms with E-state index in [9.17, 15) is 8.78 Å². The van der Waals surface area contributed by atoms with Gasteiger partial charge in [0.25, 0.3) is 0 Å². The molecule has 7 heteroatoms. The minimum Gasteiger partial charge on any atom is -0.368 e. The van der Waals surface area contributed by atoms with Gasteiger partial charge >= 0.3 is 0 Å². The van der Waals surface area contributed by atoms with Crippen LogP contribution in [-0.2, 0) is 6.54 Å². The SMILES string of the molecule is CN=C(NCCNc1ccc2ccccc2n1)NCc1cc(F)ccc1F. The molecule has 0 spiro atoms. The first-order valence-corrected chi connectivity index (χ1v) is 8.64. The highest BCUT2D eigenvalue weighted by molar-refractivity contribution is 5.80. The highest BCUT2D eigenvalue weighted by Crippen LogP contribution is 2.14.